The lowest BCUT2D eigenvalue weighted by atomic mass is 10.1. The van der Waals surface area contributed by atoms with Crippen molar-refractivity contribution in [2.45, 2.75) is 39.7 Å². The summed E-state index contributed by atoms with van der Waals surface area (Å²) < 4.78 is 0.913. The summed E-state index contributed by atoms with van der Waals surface area (Å²) in [6, 6.07) is 0. The van der Waals surface area contributed by atoms with Gasteiger partial charge in [-0.25, -0.2) is 9.72 Å². The molecule has 1 rings (SSSR count). The summed E-state index contributed by atoms with van der Waals surface area (Å²) >= 11 is 0. The zero-order valence-electron chi connectivity index (χ0n) is 9.69. The summed E-state index contributed by atoms with van der Waals surface area (Å²) in [5.74, 6) is 0. The van der Waals surface area contributed by atoms with Crippen molar-refractivity contribution in [3.63, 3.8) is 0 Å². The molecule has 0 atom stereocenters. The first-order valence-corrected chi connectivity index (χ1v) is 5.06. The van der Waals surface area contributed by atoms with Gasteiger partial charge in [0.05, 0.1) is 5.69 Å². The predicted molar refractivity (Wildman–Crippen MR) is 60.0 cm³/mol. The van der Waals surface area contributed by atoms with E-state index >= 15 is 0 Å². The van der Waals surface area contributed by atoms with Crippen LogP contribution in [0.3, 0.4) is 0 Å². The third-order valence-electron chi connectivity index (χ3n) is 2.04. The maximum Gasteiger partial charge on any atom is 0.202 e. The van der Waals surface area contributed by atoms with E-state index in [-0.39, 0.29) is 0 Å². The van der Waals surface area contributed by atoms with Crippen molar-refractivity contribution in [1.82, 2.24) is 9.97 Å². The highest BCUT2D eigenvalue weighted by molar-refractivity contribution is 5.74. The van der Waals surface area contributed by atoms with E-state index < -0.39 is 5.54 Å². The number of nitrogens with zero attached hydrogens (tertiary/aromatic N) is 3. The molecule has 0 bridgehead atoms. The van der Waals surface area contributed by atoms with Crippen molar-refractivity contribution in [2.75, 3.05) is 0 Å². The molecule has 0 radical (unpaired) electrons. The molecule has 0 spiro atoms. The Morgan fingerprint density at radius 2 is 1.93 bits per heavy atom. The first-order chi connectivity index (χ1) is 6.95. The topological polar surface area (TPSA) is 51.8 Å². The molecule has 0 aromatic carbocycles. The maximum absolute atomic E-state index is 11.7. The van der Waals surface area contributed by atoms with Gasteiger partial charge in [0.1, 0.15) is 5.69 Å². The second-order valence-corrected chi connectivity index (χ2v) is 4.37. The number of hydrogen-bond acceptors (Lipinski definition) is 3. The summed E-state index contributed by atoms with van der Waals surface area (Å²) in [6.45, 7) is 7.57. The molecular weight excluding hydrogens is 190 g/mol. The zero-order chi connectivity index (χ0) is 11.5. The van der Waals surface area contributed by atoms with E-state index in [4.69, 9.17) is 0 Å². The van der Waals surface area contributed by atoms with E-state index in [0.29, 0.717) is 5.69 Å². The minimum Gasteiger partial charge on any atom is -0.623 e. The number of aromatic nitrogens is 2. The molecule has 4 heteroatoms. The largest absolute Gasteiger partial charge is 0.623 e. The van der Waals surface area contributed by atoms with Gasteiger partial charge in [-0.05, 0) is 6.42 Å². The van der Waals surface area contributed by atoms with Crippen molar-refractivity contribution in [3.8, 4) is 0 Å². The van der Waals surface area contributed by atoms with Gasteiger partial charge in [0.2, 0.25) is 6.21 Å². The smallest absolute Gasteiger partial charge is 0.202 e. The summed E-state index contributed by atoms with van der Waals surface area (Å²) in [5.41, 5.74) is 1.07. The molecular formula is C11H17N3O. The van der Waals surface area contributed by atoms with Crippen molar-refractivity contribution in [1.29, 1.82) is 0 Å². The molecule has 1 aromatic heterocycles. The molecule has 1 heterocycles. The van der Waals surface area contributed by atoms with E-state index in [1.807, 2.05) is 27.7 Å². The fourth-order valence-corrected chi connectivity index (χ4v) is 1.06. The molecule has 82 valence electrons. The van der Waals surface area contributed by atoms with Crippen LogP contribution in [-0.4, -0.2) is 26.5 Å². The Bertz CT molecular complexity index is 366. The van der Waals surface area contributed by atoms with Gasteiger partial charge in [-0.3, -0.25) is 4.98 Å². The average Bonchev–Trinajstić information content (AvgIpc) is 2.17. The number of hydroxylamine groups is 1. The van der Waals surface area contributed by atoms with Gasteiger partial charge in [-0.2, -0.15) is 0 Å². The quantitative estimate of drug-likeness (QED) is 0.321. The second-order valence-electron chi connectivity index (χ2n) is 4.37. The van der Waals surface area contributed by atoms with Crippen LogP contribution in [0, 0.1) is 5.21 Å². The van der Waals surface area contributed by atoms with Gasteiger partial charge in [-0.15, -0.1) is 0 Å². The van der Waals surface area contributed by atoms with E-state index in [9.17, 15) is 5.21 Å². The van der Waals surface area contributed by atoms with Gasteiger partial charge in [0, 0.05) is 33.2 Å². The van der Waals surface area contributed by atoms with Crippen LogP contribution in [0.25, 0.3) is 0 Å². The lowest BCUT2D eigenvalue weighted by Crippen LogP contribution is -2.29. The normalized spacial score (nSPS) is 12.9. The summed E-state index contributed by atoms with van der Waals surface area (Å²) in [5, 5.41) is 11.7. The van der Waals surface area contributed by atoms with Crippen LogP contribution < -0.4 is 0 Å². The Balaban J connectivity index is 3.08. The lowest BCUT2D eigenvalue weighted by Gasteiger charge is -2.18. The molecule has 0 saturated carbocycles. The molecule has 0 fully saturated rings. The summed E-state index contributed by atoms with van der Waals surface area (Å²) in [4.78, 5) is 8.32. The fourth-order valence-electron chi connectivity index (χ4n) is 1.06. The highest BCUT2D eigenvalue weighted by atomic mass is 16.5. The zero-order valence-corrected chi connectivity index (χ0v) is 9.69. The molecule has 0 N–H and O–H groups in total. The minimum atomic E-state index is -0.442. The third-order valence-corrected chi connectivity index (χ3v) is 2.04. The molecule has 0 amide bonds. The number of hydrogen-bond donors (Lipinski definition) is 0. The molecule has 1 aromatic rings. The van der Waals surface area contributed by atoms with Gasteiger partial charge in [-0.1, -0.05) is 6.92 Å². The van der Waals surface area contributed by atoms with Gasteiger partial charge in [0.25, 0.3) is 0 Å². The Morgan fingerprint density at radius 3 is 2.47 bits per heavy atom. The van der Waals surface area contributed by atoms with E-state index in [2.05, 4.69) is 9.97 Å². The maximum atomic E-state index is 11.7. The van der Waals surface area contributed by atoms with Gasteiger partial charge in [0.15, 0.2) is 5.54 Å². The first-order valence-electron chi connectivity index (χ1n) is 5.06. The Hall–Kier alpha value is -1.45. The molecule has 15 heavy (non-hydrogen) atoms. The molecule has 0 aliphatic rings. The summed E-state index contributed by atoms with van der Waals surface area (Å²) in [7, 11) is 0. The third kappa shape index (κ3) is 3.01. The van der Waals surface area contributed by atoms with Crippen molar-refractivity contribution in [3.05, 3.63) is 29.0 Å². The Labute approximate surface area is 90.3 Å². The Kier molecular flexibility index (Phi) is 3.39. The van der Waals surface area contributed by atoms with Crippen LogP contribution in [0.1, 0.15) is 39.1 Å². The van der Waals surface area contributed by atoms with Crippen LogP contribution in [-0.2, 0) is 6.42 Å². The minimum absolute atomic E-state index is 0.442. The van der Waals surface area contributed by atoms with Gasteiger partial charge >= 0.3 is 0 Å². The molecule has 0 aliphatic carbocycles. The molecule has 0 aliphatic heterocycles. The first kappa shape index (κ1) is 11.6. The highest BCUT2D eigenvalue weighted by Crippen LogP contribution is 2.06. The summed E-state index contributed by atoms with van der Waals surface area (Å²) in [6.07, 6.45) is 5.52. The van der Waals surface area contributed by atoms with Crippen LogP contribution in [0.4, 0.5) is 0 Å². The number of rotatable bonds is 2. The average molecular weight is 207 g/mol. The van der Waals surface area contributed by atoms with Crippen LogP contribution in [0.15, 0.2) is 12.4 Å². The standard InChI is InChI=1S/C11H17N3O/c1-5-9-10(13-7-6-12-9)8-14(15)11(2,3)4/h6-8H,5H2,1-4H3/b14-8-. The van der Waals surface area contributed by atoms with Crippen molar-refractivity contribution < 1.29 is 4.74 Å². The molecule has 0 saturated heterocycles. The predicted octanol–water partition coefficient (Wildman–Crippen LogP) is 1.77. The molecule has 4 nitrogen and oxygen atoms in total. The fraction of sp³-hybridized carbons (Fsp3) is 0.545. The van der Waals surface area contributed by atoms with Crippen molar-refractivity contribution in [2.24, 2.45) is 0 Å². The second kappa shape index (κ2) is 4.38. The molecule has 0 unspecified atom stereocenters. The van der Waals surface area contributed by atoms with E-state index in [1.54, 1.807) is 12.4 Å². The van der Waals surface area contributed by atoms with E-state index in [0.717, 1.165) is 16.9 Å². The number of aryl methyl sites for hydroxylation is 1. The van der Waals surface area contributed by atoms with Crippen LogP contribution in [0.5, 0.6) is 0 Å². The van der Waals surface area contributed by atoms with Crippen LogP contribution in [0.2, 0.25) is 0 Å². The highest BCUT2D eigenvalue weighted by Gasteiger charge is 2.19. The Morgan fingerprint density at radius 1 is 1.33 bits per heavy atom. The van der Waals surface area contributed by atoms with Crippen molar-refractivity contribution >= 4 is 6.21 Å². The monoisotopic (exact) mass is 207 g/mol. The van der Waals surface area contributed by atoms with E-state index in [1.165, 1.54) is 6.21 Å². The SMILES string of the molecule is CCc1nccnc1/C=[N+](\[O-])C(C)(C)C. The van der Waals surface area contributed by atoms with Gasteiger partial charge < -0.3 is 5.21 Å². The lowest BCUT2D eigenvalue weighted by molar-refractivity contribution is -0.530. The van der Waals surface area contributed by atoms with Crippen LogP contribution >= 0.6 is 0 Å².